The maximum Gasteiger partial charge on any atom is 0.303 e. The van der Waals surface area contributed by atoms with Gasteiger partial charge in [0.25, 0.3) is 0 Å². The minimum atomic E-state index is -0.736. The van der Waals surface area contributed by atoms with Crippen molar-refractivity contribution in [3.63, 3.8) is 0 Å². The second-order valence-electron chi connectivity index (χ2n) is 5.76. The molecule has 0 aromatic carbocycles. The lowest BCUT2D eigenvalue weighted by atomic mass is 9.92. The molecule has 0 amide bonds. The molecule has 1 rings (SSSR count). The molecule has 0 saturated carbocycles. The number of nitrogens with one attached hydrogen (secondary N) is 1. The highest BCUT2D eigenvalue weighted by Gasteiger charge is 2.17. The van der Waals surface area contributed by atoms with Crippen molar-refractivity contribution < 1.29 is 9.90 Å². The van der Waals surface area contributed by atoms with E-state index in [1.165, 1.54) is 0 Å². The fourth-order valence-corrected chi connectivity index (χ4v) is 1.70. The minimum absolute atomic E-state index is 0.0522. The number of carbonyl (C=O) groups is 1. The molecule has 5 heteroatoms. The van der Waals surface area contributed by atoms with Crippen LogP contribution in [0.5, 0.6) is 0 Å². The van der Waals surface area contributed by atoms with E-state index in [9.17, 15) is 4.79 Å². The third-order valence-corrected chi connectivity index (χ3v) is 2.77. The molecule has 0 fully saturated rings. The van der Waals surface area contributed by atoms with Gasteiger partial charge in [0.1, 0.15) is 0 Å². The summed E-state index contributed by atoms with van der Waals surface area (Å²) < 4.78 is 0. The van der Waals surface area contributed by atoms with Crippen molar-refractivity contribution in [1.29, 1.82) is 0 Å². The Kier molecular flexibility index (Phi) is 4.90. The second kappa shape index (κ2) is 6.00. The van der Waals surface area contributed by atoms with Gasteiger partial charge in [-0.1, -0.05) is 20.8 Å². The van der Waals surface area contributed by atoms with Gasteiger partial charge in [-0.3, -0.25) is 9.89 Å². The highest BCUT2D eigenvalue weighted by Crippen LogP contribution is 2.20. The van der Waals surface area contributed by atoms with Gasteiger partial charge in [-0.15, -0.1) is 0 Å². The fraction of sp³-hybridized carbons (Fsp3) is 0.692. The molecular formula is C13H23N3O2. The number of hydrogen-bond acceptors (Lipinski definition) is 3. The molecule has 102 valence electrons. The standard InChI is InChI=1S/C13H23N3O2/c1-13(2,3)11-8-10(14-15-11)9-16(4)7-5-6-12(17)18/h8H,5-7,9H2,1-4H3,(H,14,15)(H,17,18). The number of nitrogens with zero attached hydrogens (tertiary/aromatic N) is 2. The molecule has 5 nitrogen and oxygen atoms in total. The van der Waals surface area contributed by atoms with Crippen molar-refractivity contribution >= 4 is 5.97 Å². The van der Waals surface area contributed by atoms with Gasteiger partial charge < -0.3 is 10.0 Å². The lowest BCUT2D eigenvalue weighted by Crippen LogP contribution is -2.20. The van der Waals surface area contributed by atoms with Gasteiger partial charge >= 0.3 is 5.97 Å². The Morgan fingerprint density at radius 3 is 2.67 bits per heavy atom. The van der Waals surface area contributed by atoms with Crippen molar-refractivity contribution in [2.45, 2.75) is 45.6 Å². The maximum atomic E-state index is 10.4. The van der Waals surface area contributed by atoms with Crippen LogP contribution in [0.4, 0.5) is 0 Å². The Morgan fingerprint density at radius 1 is 1.50 bits per heavy atom. The van der Waals surface area contributed by atoms with E-state index in [0.29, 0.717) is 6.42 Å². The summed E-state index contributed by atoms with van der Waals surface area (Å²) in [6.07, 6.45) is 0.895. The summed E-state index contributed by atoms with van der Waals surface area (Å²) in [5, 5.41) is 15.9. The Morgan fingerprint density at radius 2 is 2.17 bits per heavy atom. The van der Waals surface area contributed by atoms with E-state index in [0.717, 1.165) is 24.5 Å². The topological polar surface area (TPSA) is 69.2 Å². The van der Waals surface area contributed by atoms with Gasteiger partial charge in [-0.2, -0.15) is 5.10 Å². The summed E-state index contributed by atoms with van der Waals surface area (Å²) in [5.41, 5.74) is 2.17. The normalized spacial score (nSPS) is 12.1. The number of aliphatic carboxylic acids is 1. The summed E-state index contributed by atoms with van der Waals surface area (Å²) in [7, 11) is 1.99. The molecule has 0 atom stereocenters. The van der Waals surface area contributed by atoms with Crippen LogP contribution in [0.1, 0.15) is 45.0 Å². The van der Waals surface area contributed by atoms with Crippen LogP contribution in [0.2, 0.25) is 0 Å². The minimum Gasteiger partial charge on any atom is -0.481 e. The van der Waals surface area contributed by atoms with E-state index in [-0.39, 0.29) is 11.8 Å². The molecule has 18 heavy (non-hydrogen) atoms. The largest absolute Gasteiger partial charge is 0.481 e. The second-order valence-corrected chi connectivity index (χ2v) is 5.76. The average molecular weight is 253 g/mol. The SMILES string of the molecule is CN(CCCC(=O)O)Cc1cc(C(C)(C)C)n[nH]1. The Bertz CT molecular complexity index is 393. The van der Waals surface area contributed by atoms with Crippen LogP contribution in [-0.2, 0) is 16.8 Å². The third kappa shape index (κ3) is 4.87. The molecule has 1 aromatic rings. The van der Waals surface area contributed by atoms with Gasteiger partial charge in [-0.25, -0.2) is 0 Å². The lowest BCUT2D eigenvalue weighted by molar-refractivity contribution is -0.137. The van der Waals surface area contributed by atoms with Gasteiger partial charge in [0.05, 0.1) is 5.69 Å². The maximum absolute atomic E-state index is 10.4. The van der Waals surface area contributed by atoms with E-state index in [1.807, 2.05) is 7.05 Å². The molecule has 2 N–H and O–H groups in total. The van der Waals surface area contributed by atoms with Crippen molar-refractivity contribution in [3.8, 4) is 0 Å². The van der Waals surface area contributed by atoms with Crippen molar-refractivity contribution in [3.05, 3.63) is 17.5 Å². The van der Waals surface area contributed by atoms with E-state index >= 15 is 0 Å². The summed E-state index contributed by atoms with van der Waals surface area (Å²) in [5.74, 6) is -0.736. The van der Waals surface area contributed by atoms with Crippen molar-refractivity contribution in [2.75, 3.05) is 13.6 Å². The monoisotopic (exact) mass is 253 g/mol. The zero-order valence-electron chi connectivity index (χ0n) is 11.7. The molecule has 0 aliphatic rings. The molecule has 0 aliphatic heterocycles. The highest BCUT2D eigenvalue weighted by molar-refractivity contribution is 5.66. The first-order valence-electron chi connectivity index (χ1n) is 6.24. The van der Waals surface area contributed by atoms with Crippen LogP contribution in [0, 0.1) is 0 Å². The number of aromatic amines is 1. The summed E-state index contributed by atoms with van der Waals surface area (Å²) in [4.78, 5) is 12.5. The Hall–Kier alpha value is -1.36. The quantitative estimate of drug-likeness (QED) is 0.813. The highest BCUT2D eigenvalue weighted by atomic mass is 16.4. The molecule has 0 radical (unpaired) electrons. The first kappa shape index (κ1) is 14.7. The summed E-state index contributed by atoms with van der Waals surface area (Å²) >= 11 is 0. The smallest absolute Gasteiger partial charge is 0.303 e. The number of hydrogen-bond donors (Lipinski definition) is 2. The Labute approximate surface area is 108 Å². The van der Waals surface area contributed by atoms with Gasteiger partial charge in [0, 0.05) is 24.1 Å². The first-order chi connectivity index (χ1) is 8.29. The predicted octanol–water partition coefficient (Wildman–Crippen LogP) is 2.00. The van der Waals surface area contributed by atoms with E-state index < -0.39 is 5.97 Å². The summed E-state index contributed by atoms with van der Waals surface area (Å²) in [6.45, 7) is 7.93. The van der Waals surface area contributed by atoms with Gasteiger partial charge in [0.15, 0.2) is 0 Å². The lowest BCUT2D eigenvalue weighted by Gasteiger charge is -2.15. The van der Waals surface area contributed by atoms with E-state index in [2.05, 4.69) is 41.9 Å². The number of aromatic nitrogens is 2. The van der Waals surface area contributed by atoms with E-state index in [1.54, 1.807) is 0 Å². The molecule has 0 saturated heterocycles. The molecule has 1 aromatic heterocycles. The number of carboxylic acid groups (broad SMARTS) is 1. The molecule has 0 unspecified atom stereocenters. The third-order valence-electron chi connectivity index (χ3n) is 2.77. The van der Waals surface area contributed by atoms with Crippen LogP contribution >= 0.6 is 0 Å². The van der Waals surface area contributed by atoms with Crippen molar-refractivity contribution in [2.24, 2.45) is 0 Å². The molecular weight excluding hydrogens is 230 g/mol. The summed E-state index contributed by atoms with van der Waals surface area (Å²) in [6, 6.07) is 2.08. The fourth-order valence-electron chi connectivity index (χ4n) is 1.70. The number of H-pyrrole nitrogens is 1. The zero-order valence-corrected chi connectivity index (χ0v) is 11.7. The molecule has 0 spiro atoms. The van der Waals surface area contributed by atoms with Crippen molar-refractivity contribution in [1.82, 2.24) is 15.1 Å². The predicted molar refractivity (Wildman–Crippen MR) is 70.5 cm³/mol. The molecule has 1 heterocycles. The van der Waals surface area contributed by atoms with Crippen LogP contribution in [0.3, 0.4) is 0 Å². The van der Waals surface area contributed by atoms with Gasteiger partial charge in [0.2, 0.25) is 0 Å². The molecule has 0 aliphatic carbocycles. The first-order valence-corrected chi connectivity index (χ1v) is 6.24. The van der Waals surface area contributed by atoms with Crippen LogP contribution < -0.4 is 0 Å². The van der Waals surface area contributed by atoms with Crippen LogP contribution in [0.15, 0.2) is 6.07 Å². The average Bonchev–Trinajstić information content (AvgIpc) is 2.64. The van der Waals surface area contributed by atoms with Crippen LogP contribution in [0.25, 0.3) is 0 Å². The number of carboxylic acids is 1. The number of rotatable bonds is 6. The molecule has 0 bridgehead atoms. The Balaban J connectivity index is 2.42. The van der Waals surface area contributed by atoms with E-state index in [4.69, 9.17) is 5.11 Å². The zero-order chi connectivity index (χ0) is 13.8. The van der Waals surface area contributed by atoms with Gasteiger partial charge in [-0.05, 0) is 26.1 Å². The van der Waals surface area contributed by atoms with Crippen LogP contribution in [-0.4, -0.2) is 39.8 Å².